The summed E-state index contributed by atoms with van der Waals surface area (Å²) in [4.78, 5) is 35.7. The summed E-state index contributed by atoms with van der Waals surface area (Å²) >= 11 is 0. The van der Waals surface area contributed by atoms with Crippen LogP contribution in [0.2, 0.25) is 0 Å². The number of likely N-dealkylation sites (tertiary alicyclic amines) is 1. The zero-order chi connectivity index (χ0) is 14.6. The Bertz CT molecular complexity index is 370. The smallest absolute Gasteiger partial charge is 0.321 e. The predicted octanol–water partition coefficient (Wildman–Crippen LogP) is 0.0156. The molecule has 1 aliphatic rings. The quantitative estimate of drug-likeness (QED) is 0.669. The Morgan fingerprint density at radius 2 is 2.00 bits per heavy atom. The predicted molar refractivity (Wildman–Crippen MR) is 68.6 cm³/mol. The third-order valence-corrected chi connectivity index (χ3v) is 3.22. The SMILES string of the molecule is CC(C)NC(=O)NC(=O)CN1CCC(C(=O)O)C1C. The van der Waals surface area contributed by atoms with Gasteiger partial charge in [-0.1, -0.05) is 0 Å². The first-order valence-electron chi connectivity index (χ1n) is 6.38. The van der Waals surface area contributed by atoms with Crippen molar-refractivity contribution in [1.82, 2.24) is 15.5 Å². The van der Waals surface area contributed by atoms with E-state index in [1.54, 1.807) is 25.7 Å². The molecule has 0 aromatic heterocycles. The number of rotatable bonds is 4. The minimum Gasteiger partial charge on any atom is -0.481 e. The van der Waals surface area contributed by atoms with Gasteiger partial charge in [-0.05, 0) is 33.7 Å². The summed E-state index contributed by atoms with van der Waals surface area (Å²) in [5.74, 6) is -1.71. The van der Waals surface area contributed by atoms with Crippen molar-refractivity contribution in [2.75, 3.05) is 13.1 Å². The number of amides is 3. The van der Waals surface area contributed by atoms with Gasteiger partial charge in [-0.15, -0.1) is 0 Å². The van der Waals surface area contributed by atoms with E-state index < -0.39 is 23.8 Å². The van der Waals surface area contributed by atoms with Crippen molar-refractivity contribution in [3.05, 3.63) is 0 Å². The fourth-order valence-corrected chi connectivity index (χ4v) is 2.21. The molecule has 1 saturated heterocycles. The van der Waals surface area contributed by atoms with Gasteiger partial charge in [0, 0.05) is 12.1 Å². The largest absolute Gasteiger partial charge is 0.481 e. The summed E-state index contributed by atoms with van der Waals surface area (Å²) in [6, 6.07) is -0.770. The molecule has 108 valence electrons. The monoisotopic (exact) mass is 271 g/mol. The number of hydrogen-bond donors (Lipinski definition) is 3. The van der Waals surface area contributed by atoms with Crippen LogP contribution >= 0.6 is 0 Å². The molecule has 1 heterocycles. The lowest BCUT2D eigenvalue weighted by Gasteiger charge is -2.22. The van der Waals surface area contributed by atoms with E-state index in [0.29, 0.717) is 13.0 Å². The highest BCUT2D eigenvalue weighted by atomic mass is 16.4. The van der Waals surface area contributed by atoms with E-state index in [1.807, 2.05) is 0 Å². The van der Waals surface area contributed by atoms with E-state index >= 15 is 0 Å². The zero-order valence-corrected chi connectivity index (χ0v) is 11.5. The molecule has 1 rings (SSSR count). The van der Waals surface area contributed by atoms with Crippen molar-refractivity contribution in [3.63, 3.8) is 0 Å². The fraction of sp³-hybridized carbons (Fsp3) is 0.750. The number of nitrogens with zero attached hydrogens (tertiary/aromatic N) is 1. The van der Waals surface area contributed by atoms with Crippen molar-refractivity contribution in [2.24, 2.45) is 5.92 Å². The molecule has 7 heteroatoms. The van der Waals surface area contributed by atoms with E-state index in [9.17, 15) is 14.4 Å². The van der Waals surface area contributed by atoms with Crippen LogP contribution in [0.15, 0.2) is 0 Å². The van der Waals surface area contributed by atoms with Crippen LogP contribution in [0.3, 0.4) is 0 Å². The van der Waals surface area contributed by atoms with Gasteiger partial charge in [0.1, 0.15) is 0 Å². The number of aliphatic carboxylic acids is 1. The van der Waals surface area contributed by atoms with Crippen LogP contribution in [0.4, 0.5) is 4.79 Å². The Balaban J connectivity index is 2.41. The number of imide groups is 1. The van der Waals surface area contributed by atoms with Gasteiger partial charge in [-0.25, -0.2) is 4.79 Å². The summed E-state index contributed by atoms with van der Waals surface area (Å²) in [6.07, 6.45) is 0.530. The molecular formula is C12H21N3O4. The standard InChI is InChI=1S/C12H21N3O4/c1-7(2)13-12(19)14-10(16)6-15-5-4-9(8(15)3)11(17)18/h7-9H,4-6H2,1-3H3,(H,17,18)(H2,13,14,16,19). The molecule has 3 N–H and O–H groups in total. The molecule has 1 aliphatic heterocycles. The highest BCUT2D eigenvalue weighted by molar-refractivity contribution is 5.95. The number of carboxylic acid groups (broad SMARTS) is 1. The van der Waals surface area contributed by atoms with Gasteiger partial charge in [-0.2, -0.15) is 0 Å². The normalized spacial score (nSPS) is 23.4. The van der Waals surface area contributed by atoms with E-state index in [0.717, 1.165) is 0 Å². The third kappa shape index (κ3) is 4.51. The van der Waals surface area contributed by atoms with Crippen LogP contribution in [0.1, 0.15) is 27.2 Å². The molecule has 1 fully saturated rings. The average molecular weight is 271 g/mol. The summed E-state index contributed by atoms with van der Waals surface area (Å²) in [6.45, 7) is 5.97. The molecule has 0 aromatic rings. The Hall–Kier alpha value is -1.63. The highest BCUT2D eigenvalue weighted by Crippen LogP contribution is 2.23. The lowest BCUT2D eigenvalue weighted by molar-refractivity contribution is -0.142. The van der Waals surface area contributed by atoms with E-state index in [4.69, 9.17) is 5.11 Å². The Kier molecular flexibility index (Phi) is 5.29. The van der Waals surface area contributed by atoms with Crippen molar-refractivity contribution in [2.45, 2.75) is 39.3 Å². The number of urea groups is 1. The molecular weight excluding hydrogens is 250 g/mol. The first kappa shape index (κ1) is 15.4. The summed E-state index contributed by atoms with van der Waals surface area (Å²) in [5, 5.41) is 13.8. The van der Waals surface area contributed by atoms with Gasteiger partial charge in [0.15, 0.2) is 0 Å². The molecule has 0 bridgehead atoms. The molecule has 0 spiro atoms. The van der Waals surface area contributed by atoms with Crippen LogP contribution in [0, 0.1) is 5.92 Å². The lowest BCUT2D eigenvalue weighted by Crippen LogP contribution is -2.47. The first-order valence-corrected chi connectivity index (χ1v) is 6.38. The molecule has 3 amide bonds. The van der Waals surface area contributed by atoms with Gasteiger partial charge in [0.2, 0.25) is 5.91 Å². The third-order valence-electron chi connectivity index (χ3n) is 3.22. The Morgan fingerprint density at radius 1 is 1.37 bits per heavy atom. The second-order valence-corrected chi connectivity index (χ2v) is 5.12. The topological polar surface area (TPSA) is 98.7 Å². The Labute approximate surface area is 112 Å². The maximum atomic E-state index is 11.7. The minimum absolute atomic E-state index is 0.0382. The highest BCUT2D eigenvalue weighted by Gasteiger charge is 2.36. The van der Waals surface area contributed by atoms with Gasteiger partial charge in [-0.3, -0.25) is 19.8 Å². The molecule has 2 unspecified atom stereocenters. The maximum absolute atomic E-state index is 11.7. The van der Waals surface area contributed by atoms with Gasteiger partial charge < -0.3 is 10.4 Å². The fourth-order valence-electron chi connectivity index (χ4n) is 2.21. The molecule has 0 aliphatic carbocycles. The molecule has 2 atom stereocenters. The van der Waals surface area contributed by atoms with Gasteiger partial charge in [0.05, 0.1) is 12.5 Å². The molecule has 0 radical (unpaired) electrons. The second kappa shape index (κ2) is 6.51. The summed E-state index contributed by atoms with van der Waals surface area (Å²) < 4.78 is 0. The van der Waals surface area contributed by atoms with Crippen molar-refractivity contribution in [3.8, 4) is 0 Å². The van der Waals surface area contributed by atoms with E-state index in [1.165, 1.54) is 0 Å². The van der Waals surface area contributed by atoms with Crippen molar-refractivity contribution >= 4 is 17.9 Å². The van der Waals surface area contributed by atoms with Crippen LogP contribution in [-0.4, -0.2) is 53.1 Å². The van der Waals surface area contributed by atoms with E-state index in [-0.39, 0.29) is 18.6 Å². The number of nitrogens with one attached hydrogen (secondary N) is 2. The summed E-state index contributed by atoms with van der Waals surface area (Å²) in [7, 11) is 0. The van der Waals surface area contributed by atoms with Crippen LogP contribution in [-0.2, 0) is 9.59 Å². The van der Waals surface area contributed by atoms with Crippen molar-refractivity contribution in [1.29, 1.82) is 0 Å². The zero-order valence-electron chi connectivity index (χ0n) is 11.5. The lowest BCUT2D eigenvalue weighted by atomic mass is 10.0. The average Bonchev–Trinajstić information content (AvgIpc) is 2.58. The van der Waals surface area contributed by atoms with Crippen LogP contribution in [0.5, 0.6) is 0 Å². The molecule has 0 aromatic carbocycles. The molecule has 0 saturated carbocycles. The number of carboxylic acids is 1. The summed E-state index contributed by atoms with van der Waals surface area (Å²) in [5.41, 5.74) is 0. The minimum atomic E-state index is -0.840. The van der Waals surface area contributed by atoms with Crippen LogP contribution in [0.25, 0.3) is 0 Å². The number of carbonyl (C=O) groups excluding carboxylic acids is 2. The molecule has 7 nitrogen and oxygen atoms in total. The van der Waals surface area contributed by atoms with Crippen molar-refractivity contribution < 1.29 is 19.5 Å². The van der Waals surface area contributed by atoms with E-state index in [2.05, 4.69) is 10.6 Å². The van der Waals surface area contributed by atoms with Gasteiger partial charge in [0.25, 0.3) is 0 Å². The Morgan fingerprint density at radius 3 is 2.47 bits per heavy atom. The molecule has 19 heavy (non-hydrogen) atoms. The first-order chi connectivity index (χ1) is 8.81. The van der Waals surface area contributed by atoms with Gasteiger partial charge >= 0.3 is 12.0 Å². The maximum Gasteiger partial charge on any atom is 0.321 e. The second-order valence-electron chi connectivity index (χ2n) is 5.12. The number of carbonyl (C=O) groups is 3. The number of hydrogen-bond acceptors (Lipinski definition) is 4. The van der Waals surface area contributed by atoms with Crippen LogP contribution < -0.4 is 10.6 Å².